The van der Waals surface area contributed by atoms with Crippen LogP contribution in [0.1, 0.15) is 17.3 Å². The van der Waals surface area contributed by atoms with Gasteiger partial charge in [-0.05, 0) is 19.1 Å². The lowest BCUT2D eigenvalue weighted by molar-refractivity contribution is 0.0526. The molecule has 3 heterocycles. The first-order valence-electron chi connectivity index (χ1n) is 7.61. The maximum absolute atomic E-state index is 11.6. The number of anilines is 1. The molecule has 6 heteroatoms. The summed E-state index contributed by atoms with van der Waals surface area (Å²) in [6.45, 7) is 8.56. The van der Waals surface area contributed by atoms with Crippen molar-refractivity contribution in [2.75, 3.05) is 50.8 Å². The summed E-state index contributed by atoms with van der Waals surface area (Å²) < 4.78 is 4.97. The number of rotatable bonds is 4. The molecule has 0 saturated carbocycles. The van der Waals surface area contributed by atoms with Crippen molar-refractivity contribution >= 4 is 11.8 Å². The van der Waals surface area contributed by atoms with Gasteiger partial charge in [0.15, 0.2) is 0 Å². The highest BCUT2D eigenvalue weighted by Gasteiger charge is 2.27. The van der Waals surface area contributed by atoms with Crippen molar-refractivity contribution < 1.29 is 9.53 Å². The van der Waals surface area contributed by atoms with E-state index in [4.69, 9.17) is 4.74 Å². The standard InChI is InChI=1S/C15H22N4O2/c1-2-21-15(20)12-3-4-14(17-9-12)19-7-5-18(6-8-19)13-10-16-11-13/h3-4,9,13,16H,2,5-8,10-11H2,1H3. The monoisotopic (exact) mass is 290 g/mol. The van der Waals surface area contributed by atoms with Crippen molar-refractivity contribution in [1.29, 1.82) is 0 Å². The molecule has 0 aromatic carbocycles. The van der Waals surface area contributed by atoms with Crippen LogP contribution in [0.5, 0.6) is 0 Å². The highest BCUT2D eigenvalue weighted by atomic mass is 16.5. The van der Waals surface area contributed by atoms with Crippen LogP contribution in [0.4, 0.5) is 5.82 Å². The highest BCUT2D eigenvalue weighted by molar-refractivity contribution is 5.89. The Kier molecular flexibility index (Phi) is 4.36. The predicted molar refractivity (Wildman–Crippen MR) is 80.6 cm³/mol. The number of aromatic nitrogens is 1. The molecule has 2 aliphatic rings. The second kappa shape index (κ2) is 6.41. The Bertz CT molecular complexity index is 479. The molecule has 0 bridgehead atoms. The molecule has 2 aliphatic heterocycles. The van der Waals surface area contributed by atoms with E-state index in [0.29, 0.717) is 18.2 Å². The van der Waals surface area contributed by atoms with E-state index >= 15 is 0 Å². The van der Waals surface area contributed by atoms with Gasteiger partial charge in [-0.3, -0.25) is 4.90 Å². The summed E-state index contributed by atoms with van der Waals surface area (Å²) in [4.78, 5) is 20.8. The van der Waals surface area contributed by atoms with Gasteiger partial charge in [-0.25, -0.2) is 9.78 Å². The van der Waals surface area contributed by atoms with Crippen LogP contribution in [0.3, 0.4) is 0 Å². The van der Waals surface area contributed by atoms with Gasteiger partial charge in [-0.1, -0.05) is 0 Å². The Morgan fingerprint density at radius 1 is 1.33 bits per heavy atom. The number of carbonyl (C=O) groups is 1. The molecule has 1 aromatic rings. The Labute approximate surface area is 125 Å². The minimum Gasteiger partial charge on any atom is -0.462 e. The summed E-state index contributed by atoms with van der Waals surface area (Å²) in [6.07, 6.45) is 1.61. The van der Waals surface area contributed by atoms with Gasteiger partial charge < -0.3 is 15.0 Å². The number of nitrogens with one attached hydrogen (secondary N) is 1. The van der Waals surface area contributed by atoms with Gasteiger partial charge in [0.05, 0.1) is 12.2 Å². The van der Waals surface area contributed by atoms with Crippen LogP contribution >= 0.6 is 0 Å². The van der Waals surface area contributed by atoms with Crippen LogP contribution in [0.2, 0.25) is 0 Å². The molecule has 0 atom stereocenters. The first-order valence-corrected chi connectivity index (χ1v) is 7.61. The zero-order chi connectivity index (χ0) is 14.7. The highest BCUT2D eigenvalue weighted by Crippen LogP contribution is 2.16. The van der Waals surface area contributed by atoms with E-state index in [9.17, 15) is 4.79 Å². The molecule has 1 aromatic heterocycles. The van der Waals surface area contributed by atoms with Crippen molar-refractivity contribution in [3.8, 4) is 0 Å². The summed E-state index contributed by atoms with van der Waals surface area (Å²) in [5.74, 6) is 0.633. The van der Waals surface area contributed by atoms with E-state index < -0.39 is 0 Å². The van der Waals surface area contributed by atoms with Crippen molar-refractivity contribution in [3.63, 3.8) is 0 Å². The molecule has 0 amide bonds. The van der Waals surface area contributed by atoms with Gasteiger partial charge in [-0.15, -0.1) is 0 Å². The summed E-state index contributed by atoms with van der Waals surface area (Å²) in [5, 5.41) is 3.32. The first kappa shape index (κ1) is 14.3. The third kappa shape index (κ3) is 3.16. The zero-order valence-corrected chi connectivity index (χ0v) is 12.4. The summed E-state index contributed by atoms with van der Waals surface area (Å²) in [5.41, 5.74) is 0.514. The van der Waals surface area contributed by atoms with Crippen LogP contribution in [-0.4, -0.2) is 67.8 Å². The van der Waals surface area contributed by atoms with Gasteiger partial charge in [0.2, 0.25) is 0 Å². The molecule has 2 fully saturated rings. The second-order valence-corrected chi connectivity index (χ2v) is 5.46. The molecule has 21 heavy (non-hydrogen) atoms. The molecule has 1 N–H and O–H groups in total. The number of nitrogens with zero attached hydrogens (tertiary/aromatic N) is 3. The Morgan fingerprint density at radius 3 is 2.62 bits per heavy atom. The average molecular weight is 290 g/mol. The predicted octanol–water partition coefficient (Wildman–Crippen LogP) is 0.352. The van der Waals surface area contributed by atoms with Crippen LogP contribution in [0.15, 0.2) is 18.3 Å². The fourth-order valence-corrected chi connectivity index (χ4v) is 2.76. The molecule has 2 saturated heterocycles. The third-order valence-corrected chi connectivity index (χ3v) is 4.17. The minimum atomic E-state index is -0.307. The number of hydrogen-bond acceptors (Lipinski definition) is 6. The van der Waals surface area contributed by atoms with Gasteiger partial charge in [-0.2, -0.15) is 0 Å². The molecule has 0 unspecified atom stereocenters. The zero-order valence-electron chi connectivity index (χ0n) is 12.4. The van der Waals surface area contributed by atoms with E-state index in [2.05, 4.69) is 20.1 Å². The number of ether oxygens (including phenoxy) is 1. The third-order valence-electron chi connectivity index (χ3n) is 4.17. The first-order chi connectivity index (χ1) is 10.3. The van der Waals surface area contributed by atoms with Gasteiger partial charge in [0, 0.05) is 51.5 Å². The molecular weight excluding hydrogens is 268 g/mol. The van der Waals surface area contributed by atoms with E-state index in [1.165, 1.54) is 0 Å². The molecule has 0 spiro atoms. The lowest BCUT2D eigenvalue weighted by atomic mass is 10.1. The number of pyridine rings is 1. The molecule has 3 rings (SSSR count). The maximum atomic E-state index is 11.6. The van der Waals surface area contributed by atoms with Crippen LogP contribution in [0.25, 0.3) is 0 Å². The van der Waals surface area contributed by atoms with Crippen LogP contribution in [0, 0.1) is 0 Å². The van der Waals surface area contributed by atoms with Crippen molar-refractivity contribution in [3.05, 3.63) is 23.9 Å². The number of carbonyl (C=O) groups excluding carboxylic acids is 1. The number of hydrogen-bond donors (Lipinski definition) is 1. The summed E-state index contributed by atoms with van der Waals surface area (Å²) in [6, 6.07) is 4.42. The smallest absolute Gasteiger partial charge is 0.339 e. The number of piperazine rings is 1. The molecule has 0 aliphatic carbocycles. The average Bonchev–Trinajstić information content (AvgIpc) is 2.47. The molecular formula is C15H22N4O2. The Morgan fingerprint density at radius 2 is 2.10 bits per heavy atom. The second-order valence-electron chi connectivity index (χ2n) is 5.46. The normalized spacial score (nSPS) is 20.1. The van der Waals surface area contributed by atoms with Gasteiger partial charge in [0.25, 0.3) is 0 Å². The topological polar surface area (TPSA) is 57.7 Å². The van der Waals surface area contributed by atoms with Crippen LogP contribution < -0.4 is 10.2 Å². The minimum absolute atomic E-state index is 0.307. The molecule has 114 valence electrons. The van der Waals surface area contributed by atoms with Crippen molar-refractivity contribution in [2.45, 2.75) is 13.0 Å². The fraction of sp³-hybridized carbons (Fsp3) is 0.600. The Balaban J connectivity index is 1.56. The van der Waals surface area contributed by atoms with Gasteiger partial charge in [0.1, 0.15) is 5.82 Å². The van der Waals surface area contributed by atoms with Crippen molar-refractivity contribution in [1.82, 2.24) is 15.2 Å². The quantitative estimate of drug-likeness (QED) is 0.808. The fourth-order valence-electron chi connectivity index (χ4n) is 2.76. The van der Waals surface area contributed by atoms with E-state index in [0.717, 1.165) is 45.1 Å². The van der Waals surface area contributed by atoms with Gasteiger partial charge >= 0.3 is 5.97 Å². The molecule has 6 nitrogen and oxygen atoms in total. The van der Waals surface area contributed by atoms with E-state index in [1.54, 1.807) is 19.2 Å². The lowest BCUT2D eigenvalue weighted by Gasteiger charge is -2.43. The summed E-state index contributed by atoms with van der Waals surface area (Å²) >= 11 is 0. The van der Waals surface area contributed by atoms with E-state index in [1.807, 2.05) is 6.07 Å². The maximum Gasteiger partial charge on any atom is 0.339 e. The molecule has 0 radical (unpaired) electrons. The largest absolute Gasteiger partial charge is 0.462 e. The van der Waals surface area contributed by atoms with Crippen molar-refractivity contribution in [2.24, 2.45) is 0 Å². The summed E-state index contributed by atoms with van der Waals surface area (Å²) in [7, 11) is 0. The lowest BCUT2D eigenvalue weighted by Crippen LogP contribution is -2.61. The van der Waals surface area contributed by atoms with E-state index in [-0.39, 0.29) is 5.97 Å². The Hall–Kier alpha value is -1.66. The van der Waals surface area contributed by atoms with Crippen LogP contribution in [-0.2, 0) is 4.74 Å². The number of esters is 1. The SMILES string of the molecule is CCOC(=O)c1ccc(N2CCN(C3CNC3)CC2)nc1.